The van der Waals surface area contributed by atoms with Crippen LogP contribution < -0.4 is 0 Å². The van der Waals surface area contributed by atoms with E-state index in [4.69, 9.17) is 0 Å². The van der Waals surface area contributed by atoms with Crippen LogP contribution in [-0.2, 0) is 12.5 Å². The molecule has 0 aromatic carbocycles. The van der Waals surface area contributed by atoms with Crippen molar-refractivity contribution < 1.29 is 26.3 Å². The molecule has 4 heterocycles. The molecule has 0 N–H and O–H groups in total. The highest BCUT2D eigenvalue weighted by Gasteiger charge is 2.39. The zero-order valence-corrected chi connectivity index (χ0v) is 16.3. The van der Waals surface area contributed by atoms with Gasteiger partial charge in [0, 0.05) is 5.69 Å². The highest BCUT2D eigenvalue weighted by molar-refractivity contribution is 7.99. The van der Waals surface area contributed by atoms with E-state index in [1.54, 1.807) is 13.8 Å². The number of fused-ring (bicyclic) bond motifs is 2. The number of rotatable bonds is 3. The van der Waals surface area contributed by atoms with Gasteiger partial charge in [-0.15, -0.1) is 24.9 Å². The normalized spacial score (nSPS) is 12.9. The van der Waals surface area contributed by atoms with Crippen LogP contribution in [0.3, 0.4) is 0 Å². The van der Waals surface area contributed by atoms with Crippen LogP contribution in [0.2, 0.25) is 0 Å². The van der Waals surface area contributed by atoms with Gasteiger partial charge in [0.25, 0.3) is 0 Å². The Kier molecular flexibility index (Phi) is 4.71. The number of alkyl halides is 6. The molecule has 0 aliphatic carbocycles. The summed E-state index contributed by atoms with van der Waals surface area (Å²) >= 11 is 0.955. The van der Waals surface area contributed by atoms with Crippen molar-refractivity contribution in [1.29, 1.82) is 0 Å². The lowest BCUT2D eigenvalue weighted by atomic mass is 10.3. The molecule has 0 amide bonds. The fourth-order valence-corrected chi connectivity index (χ4v) is 4.04. The molecule has 4 rings (SSSR count). The number of imidazole rings is 2. The molecule has 0 fully saturated rings. The topological polar surface area (TPSA) is 48.0 Å². The molecule has 0 radical (unpaired) electrons. The van der Waals surface area contributed by atoms with Gasteiger partial charge in [0.05, 0.1) is 5.52 Å². The number of nitrogens with zero attached hydrogens (tertiary/aromatic N) is 5. The number of aryl methyl sites for hydroxylation is 1. The van der Waals surface area contributed by atoms with Gasteiger partial charge < -0.3 is 0 Å². The molecule has 4 aromatic rings. The van der Waals surface area contributed by atoms with Gasteiger partial charge in [-0.05, 0) is 36.9 Å². The van der Waals surface area contributed by atoms with Crippen LogP contribution >= 0.6 is 11.8 Å². The second kappa shape index (κ2) is 6.89. The van der Waals surface area contributed by atoms with Crippen LogP contribution in [0.4, 0.5) is 26.3 Å². The quantitative estimate of drug-likeness (QED) is 0.302. The fourth-order valence-electron chi connectivity index (χ4n) is 3.18. The summed E-state index contributed by atoms with van der Waals surface area (Å²) in [5.74, 6) is -0.292. The first kappa shape index (κ1) is 20.5. The summed E-state index contributed by atoms with van der Waals surface area (Å²) in [5, 5.41) is -0.0713. The Morgan fingerprint density at radius 3 is 2.33 bits per heavy atom. The maximum atomic E-state index is 13.9. The smallest absolute Gasteiger partial charge is 0.282 e. The van der Waals surface area contributed by atoms with Gasteiger partial charge in [0.2, 0.25) is 0 Å². The molecular weight excluding hydrogens is 432 g/mol. The first-order valence-corrected chi connectivity index (χ1v) is 9.66. The highest BCUT2D eigenvalue weighted by atomic mass is 32.2. The van der Waals surface area contributed by atoms with Gasteiger partial charge >= 0.3 is 12.5 Å². The first-order chi connectivity index (χ1) is 14.0. The van der Waals surface area contributed by atoms with Crippen molar-refractivity contribution in [1.82, 2.24) is 23.9 Å². The van der Waals surface area contributed by atoms with Gasteiger partial charge in [0.1, 0.15) is 22.1 Å². The van der Waals surface area contributed by atoms with E-state index in [0.717, 1.165) is 28.3 Å². The average molecular weight is 445 g/mol. The van der Waals surface area contributed by atoms with Gasteiger partial charge in [-0.3, -0.25) is 4.40 Å². The van der Waals surface area contributed by atoms with Crippen LogP contribution in [0.15, 0.2) is 35.4 Å². The standard InChI is InChI=1S/C18H13F6N5S/c1-3-30-16-13(26-12-6-4-5-11(28(12)16)17(19,20)21)15-27-14-10(8-7-9(2)25-14)29(15)18(22,23)24/h4-8H,3H2,1-2H3. The first-order valence-electron chi connectivity index (χ1n) is 8.67. The van der Waals surface area contributed by atoms with Crippen molar-refractivity contribution in [3.63, 3.8) is 0 Å². The maximum Gasteiger partial charge on any atom is 0.490 e. The molecule has 0 atom stereocenters. The summed E-state index contributed by atoms with van der Waals surface area (Å²) in [4.78, 5) is 12.1. The number of thioether (sulfide) groups is 1. The van der Waals surface area contributed by atoms with Gasteiger partial charge in [-0.1, -0.05) is 13.0 Å². The molecule has 0 bridgehead atoms. The number of aromatic nitrogens is 5. The third kappa shape index (κ3) is 3.28. The third-order valence-electron chi connectivity index (χ3n) is 4.30. The van der Waals surface area contributed by atoms with E-state index in [1.165, 1.54) is 18.2 Å². The minimum absolute atomic E-state index is 0.00350. The average Bonchev–Trinajstić information content (AvgIpc) is 3.18. The van der Waals surface area contributed by atoms with E-state index >= 15 is 0 Å². The number of halogens is 6. The molecule has 0 saturated carbocycles. The highest BCUT2D eigenvalue weighted by Crippen LogP contribution is 2.40. The Labute approximate surface area is 169 Å². The van der Waals surface area contributed by atoms with Crippen LogP contribution in [0.5, 0.6) is 0 Å². The summed E-state index contributed by atoms with van der Waals surface area (Å²) < 4.78 is 83.2. The summed E-state index contributed by atoms with van der Waals surface area (Å²) in [6.45, 7) is 3.28. The second-order valence-corrected chi connectivity index (χ2v) is 7.59. The Morgan fingerprint density at radius 2 is 1.70 bits per heavy atom. The number of pyridine rings is 2. The van der Waals surface area contributed by atoms with Crippen LogP contribution in [0.25, 0.3) is 28.3 Å². The lowest BCUT2D eigenvalue weighted by molar-refractivity contribution is -0.199. The monoisotopic (exact) mass is 445 g/mol. The summed E-state index contributed by atoms with van der Waals surface area (Å²) in [6.07, 6.45) is -9.60. The number of hydrogen-bond acceptors (Lipinski definition) is 4. The number of hydrogen-bond donors (Lipinski definition) is 0. The predicted octanol–water partition coefficient (Wildman–Crippen LogP) is 5.66. The molecule has 0 unspecified atom stereocenters. The Morgan fingerprint density at radius 1 is 0.967 bits per heavy atom. The summed E-state index contributed by atoms with van der Waals surface area (Å²) in [5.41, 5.74) is -1.45. The van der Waals surface area contributed by atoms with E-state index in [0.29, 0.717) is 11.4 Å². The van der Waals surface area contributed by atoms with E-state index in [9.17, 15) is 26.3 Å². The molecule has 158 valence electrons. The molecule has 0 saturated heterocycles. The minimum Gasteiger partial charge on any atom is -0.282 e. The van der Waals surface area contributed by atoms with Gasteiger partial charge in [-0.2, -0.15) is 13.2 Å². The van der Waals surface area contributed by atoms with E-state index in [-0.39, 0.29) is 32.1 Å². The molecule has 12 heteroatoms. The predicted molar refractivity (Wildman–Crippen MR) is 99.1 cm³/mol. The Hall–Kier alpha value is -2.76. The second-order valence-electron chi connectivity index (χ2n) is 6.33. The molecule has 5 nitrogen and oxygen atoms in total. The molecule has 0 aliphatic heterocycles. The lowest BCUT2D eigenvalue weighted by Gasteiger charge is -2.13. The van der Waals surface area contributed by atoms with Gasteiger partial charge in [-0.25, -0.2) is 19.5 Å². The van der Waals surface area contributed by atoms with E-state index < -0.39 is 24.0 Å². The minimum atomic E-state index is -4.88. The maximum absolute atomic E-state index is 13.9. The van der Waals surface area contributed by atoms with Crippen molar-refractivity contribution in [2.24, 2.45) is 0 Å². The van der Waals surface area contributed by atoms with Crippen molar-refractivity contribution in [2.75, 3.05) is 5.75 Å². The van der Waals surface area contributed by atoms with E-state index in [2.05, 4.69) is 15.0 Å². The molecule has 0 aliphatic rings. The van der Waals surface area contributed by atoms with E-state index in [1.807, 2.05) is 0 Å². The van der Waals surface area contributed by atoms with Crippen LogP contribution in [-0.4, -0.2) is 29.7 Å². The Bertz CT molecular complexity index is 1250. The SMILES string of the molecule is CCSc1c(-c2nc3nc(C)ccc3n2C(F)(F)F)nc2cccc(C(F)(F)F)n12. The zero-order valence-electron chi connectivity index (χ0n) is 15.5. The molecule has 4 aromatic heterocycles. The summed E-state index contributed by atoms with van der Waals surface area (Å²) in [6, 6.07) is 5.96. The van der Waals surface area contributed by atoms with Crippen molar-refractivity contribution >= 4 is 28.6 Å². The largest absolute Gasteiger partial charge is 0.490 e. The molecule has 30 heavy (non-hydrogen) atoms. The molecule has 0 spiro atoms. The third-order valence-corrected chi connectivity index (χ3v) is 5.23. The van der Waals surface area contributed by atoms with Crippen molar-refractivity contribution in [2.45, 2.75) is 31.3 Å². The Balaban J connectivity index is 2.12. The zero-order chi connectivity index (χ0) is 21.8. The van der Waals surface area contributed by atoms with Crippen molar-refractivity contribution in [3.8, 4) is 11.5 Å². The molecular formula is C18H13F6N5S. The van der Waals surface area contributed by atoms with Crippen molar-refractivity contribution in [3.05, 3.63) is 41.7 Å². The van der Waals surface area contributed by atoms with Crippen LogP contribution in [0.1, 0.15) is 18.3 Å². The summed E-state index contributed by atoms with van der Waals surface area (Å²) in [7, 11) is 0. The van der Waals surface area contributed by atoms with Gasteiger partial charge in [0.15, 0.2) is 11.5 Å². The van der Waals surface area contributed by atoms with Crippen LogP contribution in [0, 0.1) is 6.92 Å². The lowest BCUT2D eigenvalue weighted by Crippen LogP contribution is -2.18. The fraction of sp³-hybridized carbons (Fsp3) is 0.278.